The molecule has 7 nitrogen and oxygen atoms in total. The zero-order chi connectivity index (χ0) is 29.1. The number of nitro groups is 1. The van der Waals surface area contributed by atoms with E-state index >= 15 is 0 Å². The number of nitrogens with zero attached hydrogens (tertiary/aromatic N) is 2. The number of aliphatic imine (C=N–C) groups is 1. The maximum absolute atomic E-state index is 14.5. The highest BCUT2D eigenvalue weighted by Crippen LogP contribution is 2.34. The van der Waals surface area contributed by atoms with Gasteiger partial charge in [-0.2, -0.15) is 0 Å². The van der Waals surface area contributed by atoms with E-state index in [-0.39, 0.29) is 11.4 Å². The van der Waals surface area contributed by atoms with Crippen LogP contribution in [0.4, 0.5) is 21.5 Å². The zero-order valence-corrected chi connectivity index (χ0v) is 23.2. The van der Waals surface area contributed by atoms with Gasteiger partial charge in [0.25, 0.3) is 5.69 Å². The highest BCUT2D eigenvalue weighted by molar-refractivity contribution is 7.80. The van der Waals surface area contributed by atoms with E-state index in [9.17, 15) is 14.5 Å². The minimum Gasteiger partial charge on any atom is -0.398 e. The first-order chi connectivity index (χ1) is 18.5. The maximum Gasteiger partial charge on any atom is 0.272 e. The molecule has 9 heteroatoms. The molecule has 0 aromatic heterocycles. The Labute approximate surface area is 233 Å². The molecule has 0 saturated heterocycles. The summed E-state index contributed by atoms with van der Waals surface area (Å²) in [5.41, 5.74) is 11.3. The summed E-state index contributed by atoms with van der Waals surface area (Å²) < 4.78 is 14.5. The Bertz CT molecular complexity index is 1440. The van der Waals surface area contributed by atoms with Crippen molar-refractivity contribution in [2.75, 3.05) is 18.1 Å². The summed E-state index contributed by atoms with van der Waals surface area (Å²) in [6.07, 6.45) is 6.23. The monoisotopic (exact) mass is 545 g/mol. The minimum absolute atomic E-state index is 0.0745. The molecule has 0 fully saturated rings. The van der Waals surface area contributed by atoms with Gasteiger partial charge in [-0.15, -0.1) is 12.6 Å². The first kappa shape index (κ1) is 30.7. The van der Waals surface area contributed by atoms with Crippen molar-refractivity contribution in [2.45, 2.75) is 25.7 Å². The van der Waals surface area contributed by atoms with Gasteiger partial charge < -0.3 is 16.5 Å². The Kier molecular flexibility index (Phi) is 11.4. The first-order valence-corrected chi connectivity index (χ1v) is 12.3. The predicted molar refractivity (Wildman–Crippen MR) is 164 cm³/mol. The fourth-order valence-corrected chi connectivity index (χ4v) is 3.83. The smallest absolute Gasteiger partial charge is 0.272 e. The third-order valence-corrected chi connectivity index (χ3v) is 5.93. The van der Waals surface area contributed by atoms with Gasteiger partial charge in [0, 0.05) is 53.0 Å². The van der Waals surface area contributed by atoms with Gasteiger partial charge in [-0.05, 0) is 67.8 Å². The van der Waals surface area contributed by atoms with Crippen molar-refractivity contribution in [3.8, 4) is 0 Å². The van der Waals surface area contributed by atoms with Gasteiger partial charge in [0.15, 0.2) is 5.82 Å². The zero-order valence-electron chi connectivity index (χ0n) is 22.3. The number of nitro benzene ring substituents is 1. The van der Waals surface area contributed by atoms with Crippen molar-refractivity contribution in [3.63, 3.8) is 0 Å². The lowest BCUT2D eigenvalue weighted by Gasteiger charge is -2.20. The second-order valence-corrected chi connectivity index (χ2v) is 9.09. The quantitative estimate of drug-likeness (QED) is 0.0583. The van der Waals surface area contributed by atoms with Crippen LogP contribution in [0, 0.1) is 35.2 Å². The Balaban J connectivity index is 0.000000568. The van der Waals surface area contributed by atoms with Crippen molar-refractivity contribution in [2.24, 2.45) is 4.99 Å². The van der Waals surface area contributed by atoms with Crippen LogP contribution in [0.1, 0.15) is 29.2 Å². The van der Waals surface area contributed by atoms with Crippen LogP contribution in [0.25, 0.3) is 5.57 Å². The van der Waals surface area contributed by atoms with Crippen LogP contribution >= 0.6 is 12.6 Å². The van der Waals surface area contributed by atoms with E-state index in [1.165, 1.54) is 23.9 Å². The third-order valence-electron chi connectivity index (χ3n) is 5.63. The lowest BCUT2D eigenvalue weighted by atomic mass is 9.88. The maximum atomic E-state index is 14.5. The molecule has 0 unspecified atom stereocenters. The van der Waals surface area contributed by atoms with Crippen molar-refractivity contribution in [1.82, 2.24) is 0 Å². The molecule has 0 amide bonds. The van der Waals surface area contributed by atoms with Crippen molar-refractivity contribution < 1.29 is 9.31 Å². The Hall–Kier alpha value is -4.50. The van der Waals surface area contributed by atoms with Gasteiger partial charge in [-0.25, -0.2) is 4.39 Å². The number of nitrogens with two attached hydrogens (primary N) is 1. The van der Waals surface area contributed by atoms with Gasteiger partial charge in [-0.3, -0.25) is 15.1 Å². The number of benzene rings is 3. The molecule has 39 heavy (non-hydrogen) atoms. The van der Waals surface area contributed by atoms with E-state index < -0.39 is 10.7 Å². The van der Waals surface area contributed by atoms with Crippen LogP contribution in [0.3, 0.4) is 0 Å². The molecule has 0 heterocycles. The number of allylic oxidation sites excluding steroid dienone is 5. The molecule has 0 aliphatic carbocycles. The number of rotatable bonds is 8. The molecule has 3 aromatic rings. The molecule has 0 aliphatic rings. The molecule has 0 bridgehead atoms. The van der Waals surface area contributed by atoms with Crippen LogP contribution in [-0.4, -0.2) is 24.4 Å². The van der Waals surface area contributed by atoms with Crippen LogP contribution in [-0.2, 0) is 0 Å². The molecular weight excluding hydrogens is 513 g/mol. The van der Waals surface area contributed by atoms with E-state index in [0.717, 1.165) is 16.5 Å². The van der Waals surface area contributed by atoms with Crippen LogP contribution in [0.15, 0.2) is 94.5 Å². The van der Waals surface area contributed by atoms with E-state index in [1.807, 2.05) is 37.3 Å². The minimum atomic E-state index is -0.760. The summed E-state index contributed by atoms with van der Waals surface area (Å²) in [4.78, 5) is 15.2. The molecule has 0 atom stereocenters. The molecule has 4 N–H and O–H groups in total. The van der Waals surface area contributed by atoms with Crippen LogP contribution in [0.2, 0.25) is 0 Å². The molecule has 3 aromatic carbocycles. The Morgan fingerprint density at radius 2 is 1.85 bits per heavy atom. The van der Waals surface area contributed by atoms with E-state index in [1.54, 1.807) is 38.4 Å². The Morgan fingerprint density at radius 3 is 2.38 bits per heavy atom. The number of nitrogens with one attached hydrogen (secondary N) is 2. The largest absolute Gasteiger partial charge is 0.398 e. The number of anilines is 2. The molecule has 0 spiro atoms. The second kappa shape index (κ2) is 14.4. The van der Waals surface area contributed by atoms with Crippen molar-refractivity contribution in [3.05, 3.63) is 123 Å². The Morgan fingerprint density at radius 1 is 1.18 bits per heavy atom. The van der Waals surface area contributed by atoms with Gasteiger partial charge >= 0.3 is 0 Å². The number of halogens is 1. The molecule has 3 rings (SSSR count). The molecule has 202 valence electrons. The van der Waals surface area contributed by atoms with Gasteiger partial charge in [0.05, 0.1) is 16.7 Å². The second-order valence-electron chi connectivity index (χ2n) is 8.58. The van der Waals surface area contributed by atoms with Crippen LogP contribution in [0.5, 0.6) is 0 Å². The number of non-ortho nitro benzene ring substituents is 1. The fourth-order valence-electron chi connectivity index (χ4n) is 3.68. The number of hydrogen-bond donors (Lipinski definition) is 4. The lowest BCUT2D eigenvalue weighted by Crippen LogP contribution is -2.08. The number of nitrogen functional groups attached to an aromatic ring is 1. The average Bonchev–Trinajstić information content (AvgIpc) is 2.89. The van der Waals surface area contributed by atoms with Crippen molar-refractivity contribution >= 4 is 47.7 Å². The van der Waals surface area contributed by atoms with Gasteiger partial charge in [0.1, 0.15) is 0 Å². The molecule has 0 saturated carbocycles. The highest BCUT2D eigenvalue weighted by atomic mass is 32.1. The highest BCUT2D eigenvalue weighted by Gasteiger charge is 2.18. The summed E-state index contributed by atoms with van der Waals surface area (Å²) in [5.74, 6) is -0.760. The summed E-state index contributed by atoms with van der Waals surface area (Å²) in [7, 11) is 1.64. The topological polar surface area (TPSA) is 117 Å². The van der Waals surface area contributed by atoms with E-state index in [0.29, 0.717) is 33.7 Å². The lowest BCUT2D eigenvalue weighted by molar-refractivity contribution is -0.385. The normalized spacial score (nSPS) is 11.5. The summed E-state index contributed by atoms with van der Waals surface area (Å²) in [6, 6.07) is 15.0. The van der Waals surface area contributed by atoms with Crippen LogP contribution < -0.4 is 11.1 Å². The fraction of sp³-hybridized carbons (Fsp3) is 0.133. The van der Waals surface area contributed by atoms with Gasteiger partial charge in [-0.1, -0.05) is 36.4 Å². The van der Waals surface area contributed by atoms with Gasteiger partial charge in [0.2, 0.25) is 0 Å². The van der Waals surface area contributed by atoms with Crippen molar-refractivity contribution in [1.29, 1.82) is 5.41 Å². The standard InChI is InChI=1S/C23H24FN5O2.C7H8S/c1-14(6-5-11-27-4)22(23-15(2)7-9-20(26)18(23)13-25)16(3)28-21-10-8-17(29(30)31)12-19(21)24;1-6-2-4-7(8)5-3-6/h5-13,25,28H,1,26H2,2-4H3;2-5,8H,1H3/b6-5-,22-16+,25-13?,27-11?;. The molecule has 0 aliphatic heterocycles. The summed E-state index contributed by atoms with van der Waals surface area (Å²) >= 11 is 4.13. The number of aryl methyl sites for hydroxylation is 2. The first-order valence-electron chi connectivity index (χ1n) is 11.9. The average molecular weight is 546 g/mol. The van der Waals surface area contributed by atoms with E-state index in [2.05, 4.69) is 36.4 Å². The number of hydrogen-bond acceptors (Lipinski definition) is 7. The predicted octanol–water partition coefficient (Wildman–Crippen LogP) is 7.56. The number of thiol groups is 1. The summed E-state index contributed by atoms with van der Waals surface area (Å²) in [5, 5.41) is 21.7. The molecule has 0 radical (unpaired) electrons. The summed E-state index contributed by atoms with van der Waals surface area (Å²) in [6.45, 7) is 9.81. The van der Waals surface area contributed by atoms with E-state index in [4.69, 9.17) is 11.1 Å². The molecular formula is C30H32FN5O2S. The third kappa shape index (κ3) is 8.51. The SMILES string of the molecule is C=C(/C=C\C=NC)/C(=C(/C)Nc1ccc([N+](=O)[O-])cc1F)c1c(C)ccc(N)c1C=N.Cc1ccc(S)cc1.